The van der Waals surface area contributed by atoms with Gasteiger partial charge in [-0.2, -0.15) is 0 Å². The van der Waals surface area contributed by atoms with Gasteiger partial charge in [-0.1, -0.05) is 265 Å². The Labute approximate surface area is 654 Å². The summed E-state index contributed by atoms with van der Waals surface area (Å²) < 4.78 is 24.8. The fourth-order valence-electron chi connectivity index (χ4n) is 18.8. The molecule has 5 nitrogen and oxygen atoms in total. The van der Waals surface area contributed by atoms with E-state index in [0.29, 0.717) is 0 Å². The SMILES string of the molecule is [B]C1(c2ccc3c(c2)-c2cccc4cccc(c24)C3)C=C(C)CC(C)O1.[B]C1(c2ccc3c(c2)-c2ccccc2-c2ccccc2N3C)C=C(C)CC(C)O1.[B]C1(c2ccc3c(c2)-c2ccccc2Cc2ccccc2-3)C=C(C)CC(C)O1.[B]C1(c2ccc3c4ccccc4c4ccccc4c3c2)C=C(C)CC(C)O1. The van der Waals surface area contributed by atoms with Crippen molar-refractivity contribution in [2.45, 2.75) is 140 Å². The summed E-state index contributed by atoms with van der Waals surface area (Å²) in [5.74, 6) is 0. The second-order valence-electron chi connectivity index (χ2n) is 32.0. The predicted molar refractivity (Wildman–Crippen MR) is 462 cm³/mol. The second-order valence-corrected chi connectivity index (χ2v) is 32.0. The Kier molecular flexibility index (Phi) is 19.1. The van der Waals surface area contributed by atoms with Gasteiger partial charge in [0.2, 0.25) is 0 Å². The molecule has 110 heavy (non-hydrogen) atoms. The van der Waals surface area contributed by atoms with Crippen LogP contribution in [0.3, 0.4) is 0 Å². The number of fused-ring (bicyclic) bond motifs is 18. The third-order valence-electron chi connectivity index (χ3n) is 23.3. The molecular formula is C101H89B4NO4. The van der Waals surface area contributed by atoms with Gasteiger partial charge in [-0.05, 0) is 262 Å². The van der Waals surface area contributed by atoms with Crippen molar-refractivity contribution in [2.24, 2.45) is 0 Å². The highest BCUT2D eigenvalue weighted by Crippen LogP contribution is 2.51. The Bertz CT molecular complexity index is 5930. The molecule has 0 aromatic heterocycles. The van der Waals surface area contributed by atoms with Gasteiger partial charge < -0.3 is 23.8 Å². The Morgan fingerprint density at radius 2 is 0.618 bits per heavy atom. The van der Waals surface area contributed by atoms with Gasteiger partial charge in [-0.15, -0.1) is 0 Å². The molecule has 0 saturated heterocycles. The third-order valence-corrected chi connectivity index (χ3v) is 23.3. The molecule has 0 N–H and O–H groups in total. The minimum absolute atomic E-state index is 0.100. The zero-order valence-electron chi connectivity index (χ0n) is 64.5. The van der Waals surface area contributed by atoms with Gasteiger partial charge in [0.1, 0.15) is 31.4 Å². The molecule has 9 heteroatoms. The molecule has 13 aromatic rings. The largest absolute Gasteiger partial charge is 0.373 e. The highest BCUT2D eigenvalue weighted by molar-refractivity contribution is 6.26. The number of hydrogen-bond acceptors (Lipinski definition) is 5. The Hall–Kier alpha value is -10.2. The van der Waals surface area contributed by atoms with Gasteiger partial charge >= 0.3 is 0 Å². The van der Waals surface area contributed by atoms with E-state index >= 15 is 0 Å². The van der Waals surface area contributed by atoms with Crippen molar-refractivity contribution in [1.29, 1.82) is 0 Å². The Balaban J connectivity index is 0.000000107. The number of anilines is 2. The maximum absolute atomic E-state index is 6.76. The molecule has 5 heterocycles. The molecule has 0 saturated carbocycles. The molecule has 8 atom stereocenters. The molecule has 0 amide bonds. The minimum Gasteiger partial charge on any atom is -0.373 e. The summed E-state index contributed by atoms with van der Waals surface area (Å²) in [5, 5.41) is 10.2. The first-order valence-corrected chi connectivity index (χ1v) is 39.0. The Morgan fingerprint density at radius 3 is 1.15 bits per heavy atom. The van der Waals surface area contributed by atoms with Crippen molar-refractivity contribution < 1.29 is 18.9 Å². The fourth-order valence-corrected chi connectivity index (χ4v) is 18.8. The molecule has 2 aliphatic carbocycles. The standard InChI is InChI=1S/C26H24BNO.C26H23BO.C25H21BO.C24H21BO/c1-17-14-18(2)29-26(27,16-17)19-12-13-25-23(15-19)21-9-5-4-8-20(21)22-10-6-7-11-24(22)28(25)3;1-17-13-18(2)28-26(27,16-17)21-11-12-24-22-9-5-3-7-19(22)14-20-8-4-6-10-23(20)25(24)15-21;1-16-13-17(2)27-25(26,15-16)18-11-12-23-21-9-4-3-7-19(21)20-8-5-6-10-22(20)24(23)14-18;1-15-11-16(2)26-24(25,14-15)20-10-9-18-12-19-7-3-5-17-6-4-8-21(23(17)19)22(18)13-20/h4-13,15-16,18H,14H2,1-3H3;3-12,15-16,18H,13-14H2,1-2H3;3-12,14-15,17H,13H2,1-2H3;3-10,13-14,16H,11-12H2,1-2H3. The maximum atomic E-state index is 6.76. The smallest absolute Gasteiger partial charge is 0.126 e. The monoisotopic (exact) mass is 1420 g/mol. The van der Waals surface area contributed by atoms with Crippen molar-refractivity contribution in [3.63, 3.8) is 0 Å². The molecule has 0 bridgehead atoms. The number of rotatable bonds is 4. The van der Waals surface area contributed by atoms with E-state index in [4.69, 9.17) is 50.3 Å². The van der Waals surface area contributed by atoms with Crippen LogP contribution in [-0.4, -0.2) is 62.8 Å². The highest BCUT2D eigenvalue weighted by Gasteiger charge is 2.37. The summed E-state index contributed by atoms with van der Waals surface area (Å²) in [5.41, 5.74) is 26.0. The lowest BCUT2D eigenvalue weighted by molar-refractivity contribution is -0.0163. The predicted octanol–water partition coefficient (Wildman–Crippen LogP) is 23.9. The number of ether oxygens (including phenoxy) is 4. The lowest BCUT2D eigenvalue weighted by atomic mass is 9.71. The van der Waals surface area contributed by atoms with Crippen LogP contribution in [0.2, 0.25) is 0 Å². The fraction of sp³-hybridized carbons (Fsp3) is 0.228. The van der Waals surface area contributed by atoms with Crippen LogP contribution in [0.1, 0.15) is 126 Å². The minimum atomic E-state index is -0.899. The molecule has 5 aliphatic heterocycles. The third kappa shape index (κ3) is 13.6. The van der Waals surface area contributed by atoms with Crippen LogP contribution in [0.15, 0.2) is 301 Å². The second kappa shape index (κ2) is 28.9. The molecule has 534 valence electrons. The zero-order valence-corrected chi connectivity index (χ0v) is 64.5. The number of benzene rings is 13. The molecule has 0 spiro atoms. The summed E-state index contributed by atoms with van der Waals surface area (Å²) in [7, 11) is 29.0. The van der Waals surface area contributed by atoms with Crippen LogP contribution >= 0.6 is 0 Å². The van der Waals surface area contributed by atoms with Crippen molar-refractivity contribution in [3.05, 3.63) is 346 Å². The number of nitrogens with zero attached hydrogens (tertiary/aromatic N) is 1. The van der Waals surface area contributed by atoms with E-state index in [1.165, 1.54) is 155 Å². The summed E-state index contributed by atoms with van der Waals surface area (Å²) in [6, 6.07) is 91.1. The molecule has 7 aliphatic rings. The summed E-state index contributed by atoms with van der Waals surface area (Å²) >= 11 is 0. The van der Waals surface area contributed by atoms with Crippen LogP contribution in [0.4, 0.5) is 11.4 Å². The van der Waals surface area contributed by atoms with E-state index in [1.54, 1.807) is 0 Å². The average molecular weight is 1420 g/mol. The first-order valence-electron chi connectivity index (χ1n) is 39.0. The summed E-state index contributed by atoms with van der Waals surface area (Å²) in [4.78, 5) is 2.27. The molecule has 13 aromatic carbocycles. The van der Waals surface area contributed by atoms with Crippen LogP contribution in [-0.2, 0) is 53.8 Å². The van der Waals surface area contributed by atoms with Crippen LogP contribution in [0.5, 0.6) is 0 Å². The zero-order chi connectivity index (χ0) is 76.0. The van der Waals surface area contributed by atoms with Crippen LogP contribution < -0.4 is 4.90 Å². The van der Waals surface area contributed by atoms with Crippen molar-refractivity contribution >= 4 is 85.8 Å². The van der Waals surface area contributed by atoms with Gasteiger partial charge in [0, 0.05) is 29.5 Å². The summed E-state index contributed by atoms with van der Waals surface area (Å²) in [6.07, 6.45) is 14.4. The van der Waals surface area contributed by atoms with Crippen molar-refractivity contribution in [1.82, 2.24) is 0 Å². The van der Waals surface area contributed by atoms with E-state index in [9.17, 15) is 0 Å². The van der Waals surface area contributed by atoms with E-state index in [-0.39, 0.29) is 24.4 Å². The van der Waals surface area contributed by atoms with Gasteiger partial charge in [0.05, 0.1) is 46.4 Å². The van der Waals surface area contributed by atoms with Crippen molar-refractivity contribution in [3.8, 4) is 55.6 Å². The molecule has 8 radical (unpaired) electrons. The van der Waals surface area contributed by atoms with Gasteiger partial charge in [-0.25, -0.2) is 0 Å². The first-order chi connectivity index (χ1) is 53.1. The van der Waals surface area contributed by atoms with E-state index in [1.807, 2.05) is 0 Å². The number of para-hydroxylation sites is 1. The summed E-state index contributed by atoms with van der Waals surface area (Å²) in [6.45, 7) is 16.9. The van der Waals surface area contributed by atoms with Crippen molar-refractivity contribution in [2.75, 3.05) is 11.9 Å². The topological polar surface area (TPSA) is 40.2 Å². The van der Waals surface area contributed by atoms with Gasteiger partial charge in [-0.3, -0.25) is 0 Å². The van der Waals surface area contributed by atoms with Crippen LogP contribution in [0, 0.1) is 0 Å². The lowest BCUT2D eigenvalue weighted by Crippen LogP contribution is -2.35. The highest BCUT2D eigenvalue weighted by atomic mass is 16.5. The molecule has 0 fully saturated rings. The Morgan fingerprint density at radius 1 is 0.282 bits per heavy atom. The van der Waals surface area contributed by atoms with Gasteiger partial charge in [0.25, 0.3) is 0 Å². The molecule has 20 rings (SSSR count). The maximum Gasteiger partial charge on any atom is 0.126 e. The first kappa shape index (κ1) is 72.6. The lowest BCUT2D eigenvalue weighted by Gasteiger charge is -2.37. The quantitative estimate of drug-likeness (QED) is 0.0998. The molecular weight excluding hydrogens is 1330 g/mol. The van der Waals surface area contributed by atoms with E-state index in [2.05, 4.69) is 346 Å². The number of hydrogen-bond donors (Lipinski definition) is 0. The normalized spacial score (nSPS) is 23.3. The van der Waals surface area contributed by atoms with E-state index in [0.717, 1.165) is 60.8 Å². The average Bonchev–Trinajstić information content (AvgIpc) is 1.28. The van der Waals surface area contributed by atoms with Crippen LogP contribution in [0.25, 0.3) is 98.7 Å². The molecule has 8 unspecified atom stereocenters. The van der Waals surface area contributed by atoms with E-state index < -0.39 is 22.0 Å². The van der Waals surface area contributed by atoms with Gasteiger partial charge in [0.15, 0.2) is 0 Å².